The van der Waals surface area contributed by atoms with E-state index in [4.69, 9.17) is 17.2 Å². The Labute approximate surface area is 473 Å². The molecule has 1 aromatic rings. The van der Waals surface area contributed by atoms with E-state index in [0.717, 1.165) is 13.8 Å². The van der Waals surface area contributed by atoms with Gasteiger partial charge < -0.3 is 90.8 Å². The maximum atomic E-state index is 14.5. The van der Waals surface area contributed by atoms with Crippen molar-refractivity contribution in [2.45, 2.75) is 172 Å². The number of aliphatic hydroxyl groups is 1. The Morgan fingerprint density at radius 1 is 0.488 bits per heavy atom. The Morgan fingerprint density at radius 3 is 1.32 bits per heavy atom. The van der Waals surface area contributed by atoms with Gasteiger partial charge in [0.2, 0.25) is 59.1 Å². The van der Waals surface area contributed by atoms with Gasteiger partial charge >= 0.3 is 17.9 Å². The minimum Gasteiger partial charge on any atom is -0.481 e. The van der Waals surface area contributed by atoms with Gasteiger partial charge in [0.25, 0.3) is 0 Å². The normalized spacial score (nSPS) is 25.0. The van der Waals surface area contributed by atoms with Crippen LogP contribution in [0.3, 0.4) is 0 Å². The highest BCUT2D eigenvalue weighted by atomic mass is 16.4. The highest BCUT2D eigenvalue weighted by molar-refractivity contribution is 6.00. The van der Waals surface area contributed by atoms with Crippen molar-refractivity contribution >= 4 is 82.9 Å². The Bertz CT molecular complexity index is 2460. The van der Waals surface area contributed by atoms with Crippen molar-refractivity contribution < 1.29 is 82.8 Å². The number of amides is 10. The molecule has 0 radical (unpaired) electrons. The first-order valence-electron chi connectivity index (χ1n) is 26.6. The van der Waals surface area contributed by atoms with Crippen molar-refractivity contribution in [2.24, 2.45) is 34.0 Å². The lowest BCUT2D eigenvalue weighted by Crippen LogP contribution is -2.63. The minimum atomic E-state index is -2.04. The van der Waals surface area contributed by atoms with Crippen LogP contribution >= 0.6 is 0 Å². The summed E-state index contributed by atoms with van der Waals surface area (Å²) in [6, 6.07) is -8.74. The minimum absolute atomic E-state index is 0.0411. The average molecular weight is 1160 g/mol. The summed E-state index contributed by atoms with van der Waals surface area (Å²) < 4.78 is 0. The van der Waals surface area contributed by atoms with Gasteiger partial charge in [-0.05, 0) is 76.3 Å². The molecule has 0 aliphatic carbocycles. The lowest BCUT2D eigenvalue weighted by Gasteiger charge is -2.30. The molecule has 0 bridgehead atoms. The Kier molecular flexibility index (Phi) is 29.4. The van der Waals surface area contributed by atoms with E-state index in [-0.39, 0.29) is 51.2 Å². The maximum absolute atomic E-state index is 14.5. The molecule has 1 aromatic carbocycles. The first kappa shape index (κ1) is 69.6. The Balaban J connectivity index is 2.90. The number of carbonyl (C=O) groups is 13. The lowest BCUT2D eigenvalue weighted by molar-refractivity contribution is -0.142. The molecule has 0 unspecified atom stereocenters. The van der Waals surface area contributed by atoms with E-state index in [0.29, 0.717) is 12.0 Å². The van der Waals surface area contributed by atoms with Crippen LogP contribution in [0.4, 0.5) is 0 Å². The van der Waals surface area contributed by atoms with Gasteiger partial charge in [-0.2, -0.15) is 0 Å². The molecule has 2 rings (SSSR count). The summed E-state index contributed by atoms with van der Waals surface area (Å²) in [7, 11) is 0. The highest BCUT2D eigenvalue weighted by Crippen LogP contribution is 2.13. The molecule has 456 valence electrons. The van der Waals surface area contributed by atoms with Crippen LogP contribution in [0.25, 0.3) is 0 Å². The van der Waals surface area contributed by atoms with Gasteiger partial charge in [-0.15, -0.1) is 0 Å². The number of aliphatic carboxylic acids is 3. The van der Waals surface area contributed by atoms with Crippen LogP contribution in [0.2, 0.25) is 0 Å². The molecule has 31 heteroatoms. The molecule has 31 nitrogen and oxygen atoms in total. The summed E-state index contributed by atoms with van der Waals surface area (Å²) in [5.74, 6) is -17.8. The zero-order valence-corrected chi connectivity index (χ0v) is 46.7. The van der Waals surface area contributed by atoms with Crippen molar-refractivity contribution in [3.05, 3.63) is 35.9 Å². The number of carboxylic acids is 3. The molecule has 1 aliphatic heterocycles. The number of nitrogens with two attached hydrogens (primary N) is 3. The van der Waals surface area contributed by atoms with E-state index < -0.39 is 181 Å². The smallest absolute Gasteiger partial charge is 0.305 e. The van der Waals surface area contributed by atoms with Crippen LogP contribution in [0.15, 0.2) is 35.3 Å². The Hall–Kier alpha value is -8.48. The van der Waals surface area contributed by atoms with Crippen LogP contribution in [0.5, 0.6) is 0 Å². The summed E-state index contributed by atoms with van der Waals surface area (Å²) in [6.45, 7) is 8.29. The average Bonchev–Trinajstić information content (AvgIpc) is 3.47. The summed E-state index contributed by atoms with van der Waals surface area (Å²) in [5, 5.41) is 63.6. The number of aliphatic imine (C=N–C) groups is 1. The fraction of sp³-hybridized carbons (Fsp3) is 0.608. The molecule has 0 aromatic heterocycles. The van der Waals surface area contributed by atoms with Crippen LogP contribution in [0, 0.1) is 11.8 Å². The molecule has 1 aliphatic rings. The number of rotatable bonds is 20. The van der Waals surface area contributed by atoms with Gasteiger partial charge in [0.15, 0.2) is 5.96 Å². The standard InChI is InChI=1S/C51H80N14O17/c1-24(2)38-48(80)60-32(21-28-13-8-7-9-14-28)46(78)59-30(16-12-20-55-51(53)54)43(75)64-39(25(3)4)49(81)61-33(22-36(69)70)45(77)56-26(5)41(73)57-31(17-18-35(67)68)44(76)65-40(27(6)66)50(82)62-34(23-37(71)72)47(79)58-29(42(74)63-38)15-10-11-19-52/h7-9,13-14,24-27,29-34,38-40,66H,10-12,15-23,52H2,1-6H3,(H,56,77)(H,57,73)(H,58,79)(H,59,78)(H,60,80)(H,61,81)(H,62,82)(H,63,74)(H,64,75)(H,65,76)(H,67,68)(H,69,70)(H,71,72)(H4,53,54,55)/t26-,27+,29-,30-,31-,32-,33-,34-,38-,39-,40-/m0/s1. The van der Waals surface area contributed by atoms with E-state index in [2.05, 4.69) is 58.2 Å². The van der Waals surface area contributed by atoms with Gasteiger partial charge in [0.05, 0.1) is 18.9 Å². The number of guanidine groups is 1. The molecule has 82 heavy (non-hydrogen) atoms. The number of carboxylic acid groups (broad SMARTS) is 3. The van der Waals surface area contributed by atoms with Crippen molar-refractivity contribution in [1.29, 1.82) is 0 Å². The van der Waals surface area contributed by atoms with E-state index >= 15 is 0 Å². The number of unbranched alkanes of at least 4 members (excludes halogenated alkanes) is 1. The number of hydrogen-bond acceptors (Lipinski definition) is 16. The predicted molar refractivity (Wildman–Crippen MR) is 291 cm³/mol. The van der Waals surface area contributed by atoms with Gasteiger partial charge in [0, 0.05) is 19.4 Å². The predicted octanol–water partition coefficient (Wildman–Crippen LogP) is -5.20. The molecule has 20 N–H and O–H groups in total. The van der Waals surface area contributed by atoms with Crippen molar-refractivity contribution in [3.63, 3.8) is 0 Å². The van der Waals surface area contributed by atoms with Gasteiger partial charge in [-0.1, -0.05) is 58.0 Å². The fourth-order valence-corrected chi connectivity index (χ4v) is 8.14. The van der Waals surface area contributed by atoms with Crippen molar-refractivity contribution in [1.82, 2.24) is 53.2 Å². The first-order valence-corrected chi connectivity index (χ1v) is 26.6. The summed E-state index contributed by atoms with van der Waals surface area (Å²) in [6.07, 6.45) is -5.46. The molecular formula is C51H80N14O17. The maximum Gasteiger partial charge on any atom is 0.305 e. The molecular weight excluding hydrogens is 1080 g/mol. The second-order valence-corrected chi connectivity index (χ2v) is 20.3. The SMILES string of the molecule is CC(C)[C@@H]1NC(=O)[C@H](CCCN=C(N)N)NC(=O)[C@H](Cc2ccccc2)NC(=O)[C@H](C(C)C)NC(=O)[C@H](CCCCN)NC(=O)[C@H](CC(=O)O)NC(=O)[C@H]([C@@H](C)O)NC(=O)[C@H](CCC(=O)O)NC(=O)[C@H](C)NC(=O)[C@H](CC(=O)O)NC1=O. The van der Waals surface area contributed by atoms with Crippen molar-refractivity contribution in [2.75, 3.05) is 13.1 Å². The number of nitrogens with one attached hydrogen (secondary N) is 10. The highest BCUT2D eigenvalue weighted by Gasteiger charge is 2.39. The topological polar surface area (TPSA) is 514 Å². The summed E-state index contributed by atoms with van der Waals surface area (Å²) >= 11 is 0. The number of benzene rings is 1. The summed E-state index contributed by atoms with van der Waals surface area (Å²) in [5.41, 5.74) is 17.3. The first-order chi connectivity index (χ1) is 38.4. The van der Waals surface area contributed by atoms with E-state index in [1.165, 1.54) is 13.8 Å². The Morgan fingerprint density at radius 2 is 0.878 bits per heavy atom. The largest absolute Gasteiger partial charge is 0.481 e. The number of hydrogen-bond donors (Lipinski definition) is 17. The molecule has 11 atom stereocenters. The zero-order valence-electron chi connectivity index (χ0n) is 46.7. The molecule has 1 fully saturated rings. The van der Waals surface area contributed by atoms with Gasteiger partial charge in [-0.25, -0.2) is 0 Å². The lowest BCUT2D eigenvalue weighted by atomic mass is 9.99. The number of carbonyl (C=O) groups excluding carboxylic acids is 10. The van der Waals surface area contributed by atoms with Gasteiger partial charge in [0.1, 0.15) is 60.4 Å². The third-order valence-corrected chi connectivity index (χ3v) is 12.7. The quantitative estimate of drug-likeness (QED) is 0.0330. The molecule has 0 spiro atoms. The van der Waals surface area contributed by atoms with Crippen LogP contribution in [0.1, 0.15) is 105 Å². The monoisotopic (exact) mass is 1160 g/mol. The van der Waals surface area contributed by atoms with E-state index in [1.54, 1.807) is 44.2 Å². The third-order valence-electron chi connectivity index (χ3n) is 12.7. The second kappa shape index (κ2) is 34.6. The summed E-state index contributed by atoms with van der Waals surface area (Å²) in [4.78, 5) is 180. The van der Waals surface area contributed by atoms with Crippen LogP contribution in [-0.4, -0.2) is 183 Å². The zero-order chi connectivity index (χ0) is 62.0. The van der Waals surface area contributed by atoms with E-state index in [9.17, 15) is 82.8 Å². The van der Waals surface area contributed by atoms with Gasteiger partial charge in [-0.3, -0.25) is 67.3 Å². The fourth-order valence-electron chi connectivity index (χ4n) is 8.14. The number of nitrogens with zero attached hydrogens (tertiary/aromatic N) is 1. The molecule has 1 heterocycles. The molecule has 0 saturated carbocycles. The molecule has 1 saturated heterocycles. The second-order valence-electron chi connectivity index (χ2n) is 20.3. The van der Waals surface area contributed by atoms with Crippen LogP contribution < -0.4 is 70.4 Å². The number of aliphatic hydroxyl groups excluding tert-OH is 1. The van der Waals surface area contributed by atoms with Crippen molar-refractivity contribution in [3.8, 4) is 0 Å². The van der Waals surface area contributed by atoms with Crippen LogP contribution in [-0.2, 0) is 68.7 Å². The van der Waals surface area contributed by atoms with E-state index in [1.807, 2.05) is 0 Å². The molecule has 10 amide bonds. The third kappa shape index (κ3) is 24.5.